The molecule has 0 unspecified atom stereocenters. The molecule has 0 N–H and O–H groups in total. The summed E-state index contributed by atoms with van der Waals surface area (Å²) in [6, 6.07) is 14.4. The summed E-state index contributed by atoms with van der Waals surface area (Å²) >= 11 is 1.23. The van der Waals surface area contributed by atoms with Crippen LogP contribution in [0, 0.1) is 0 Å². The van der Waals surface area contributed by atoms with Crippen LogP contribution in [-0.4, -0.2) is 41.9 Å². The smallest absolute Gasteiger partial charge is 0.332 e. The van der Waals surface area contributed by atoms with Gasteiger partial charge in [0.2, 0.25) is 0 Å². The summed E-state index contributed by atoms with van der Waals surface area (Å²) in [5, 5.41) is 0.186. The van der Waals surface area contributed by atoms with E-state index in [0.29, 0.717) is 32.3 Å². The highest BCUT2D eigenvalue weighted by Gasteiger charge is 2.25. The Labute approximate surface area is 227 Å². The molecule has 4 rings (SSSR count). The van der Waals surface area contributed by atoms with Crippen molar-refractivity contribution in [3.05, 3.63) is 80.5 Å². The first-order valence-electron chi connectivity index (χ1n) is 12.1. The van der Waals surface area contributed by atoms with Gasteiger partial charge in [0.1, 0.15) is 29.5 Å². The SMILES string of the molecule is CCOC(=O)Cn1c(=O)c2c(COC(C)=O)c(-c3ccc(OC)cc3)sc2n(Cc2ccccc2OC)c1=O. The number of methoxy groups -OCH3 is 2. The molecule has 0 aliphatic rings. The third kappa shape index (κ3) is 5.73. The third-order valence-electron chi connectivity index (χ3n) is 6.04. The maximum Gasteiger partial charge on any atom is 0.332 e. The minimum Gasteiger partial charge on any atom is -0.497 e. The number of hydrogen-bond donors (Lipinski definition) is 0. The molecule has 39 heavy (non-hydrogen) atoms. The van der Waals surface area contributed by atoms with Crippen molar-refractivity contribution in [3.63, 3.8) is 0 Å². The Hall–Kier alpha value is -4.38. The number of thiophene rings is 1. The monoisotopic (exact) mass is 552 g/mol. The number of aromatic nitrogens is 2. The van der Waals surface area contributed by atoms with Crippen molar-refractivity contribution >= 4 is 33.5 Å². The van der Waals surface area contributed by atoms with Crippen LogP contribution < -0.4 is 20.7 Å². The largest absolute Gasteiger partial charge is 0.497 e. The van der Waals surface area contributed by atoms with Gasteiger partial charge in [-0.2, -0.15) is 0 Å². The van der Waals surface area contributed by atoms with Crippen LogP contribution in [0.4, 0.5) is 0 Å². The number of para-hydroxylation sites is 1. The molecule has 0 atom stereocenters. The summed E-state index contributed by atoms with van der Waals surface area (Å²) in [4.78, 5) is 52.7. The second-order valence-electron chi connectivity index (χ2n) is 8.48. The molecule has 4 aromatic rings. The fourth-order valence-corrected chi connectivity index (χ4v) is 5.52. The average Bonchev–Trinajstić information content (AvgIpc) is 3.32. The first-order valence-corrected chi connectivity index (χ1v) is 12.9. The van der Waals surface area contributed by atoms with E-state index >= 15 is 0 Å². The molecule has 2 aromatic carbocycles. The highest BCUT2D eigenvalue weighted by Crippen LogP contribution is 2.38. The molecule has 0 bridgehead atoms. The summed E-state index contributed by atoms with van der Waals surface area (Å²) in [6.07, 6.45) is 0. The third-order valence-corrected chi connectivity index (χ3v) is 7.34. The van der Waals surface area contributed by atoms with Gasteiger partial charge in [0.15, 0.2) is 0 Å². The van der Waals surface area contributed by atoms with Gasteiger partial charge in [0.05, 0.1) is 32.8 Å². The predicted molar refractivity (Wildman–Crippen MR) is 147 cm³/mol. The number of nitrogens with zero attached hydrogens (tertiary/aromatic N) is 2. The highest BCUT2D eigenvalue weighted by molar-refractivity contribution is 7.22. The van der Waals surface area contributed by atoms with E-state index in [9.17, 15) is 19.2 Å². The minimum atomic E-state index is -0.716. The average molecular weight is 553 g/mol. The molecule has 2 heterocycles. The number of fused-ring (bicyclic) bond motifs is 1. The van der Waals surface area contributed by atoms with Crippen molar-refractivity contribution in [2.75, 3.05) is 20.8 Å². The summed E-state index contributed by atoms with van der Waals surface area (Å²) in [7, 11) is 3.09. The van der Waals surface area contributed by atoms with Gasteiger partial charge in [0.25, 0.3) is 5.56 Å². The molecule has 0 aliphatic carbocycles. The fourth-order valence-electron chi connectivity index (χ4n) is 4.22. The second-order valence-corrected chi connectivity index (χ2v) is 9.47. The zero-order valence-electron chi connectivity index (χ0n) is 22.0. The van der Waals surface area contributed by atoms with E-state index in [1.807, 2.05) is 30.3 Å². The summed E-state index contributed by atoms with van der Waals surface area (Å²) in [5.74, 6) is -0.0321. The van der Waals surface area contributed by atoms with Crippen LogP contribution in [0.3, 0.4) is 0 Å². The van der Waals surface area contributed by atoms with E-state index in [1.165, 1.54) is 29.9 Å². The zero-order chi connectivity index (χ0) is 28.1. The number of rotatable bonds is 10. The highest BCUT2D eigenvalue weighted by atomic mass is 32.1. The lowest BCUT2D eigenvalue weighted by atomic mass is 10.1. The predicted octanol–water partition coefficient (Wildman–Crippen LogP) is 3.58. The van der Waals surface area contributed by atoms with Crippen LogP contribution in [0.5, 0.6) is 11.5 Å². The van der Waals surface area contributed by atoms with Crippen molar-refractivity contribution in [2.45, 2.75) is 33.5 Å². The van der Waals surface area contributed by atoms with Crippen LogP contribution in [0.2, 0.25) is 0 Å². The Kier molecular flexibility index (Phi) is 8.50. The Morgan fingerprint density at radius 2 is 1.64 bits per heavy atom. The minimum absolute atomic E-state index is 0.0675. The van der Waals surface area contributed by atoms with Crippen molar-refractivity contribution in [1.29, 1.82) is 0 Å². The summed E-state index contributed by atoms with van der Waals surface area (Å²) < 4.78 is 23.4. The van der Waals surface area contributed by atoms with Gasteiger partial charge < -0.3 is 18.9 Å². The molecular weight excluding hydrogens is 524 g/mol. The van der Waals surface area contributed by atoms with Gasteiger partial charge >= 0.3 is 17.6 Å². The van der Waals surface area contributed by atoms with Gasteiger partial charge in [-0.1, -0.05) is 18.2 Å². The number of carbonyl (C=O) groups excluding carboxylic acids is 2. The Bertz CT molecular complexity index is 1630. The van der Waals surface area contributed by atoms with E-state index in [4.69, 9.17) is 18.9 Å². The number of hydrogen-bond acceptors (Lipinski definition) is 9. The first kappa shape index (κ1) is 27.6. The van der Waals surface area contributed by atoms with E-state index in [2.05, 4.69) is 0 Å². The molecule has 204 valence electrons. The Morgan fingerprint density at radius 1 is 0.923 bits per heavy atom. The second kappa shape index (κ2) is 12.0. The molecule has 0 spiro atoms. The topological polar surface area (TPSA) is 115 Å². The standard InChI is InChI=1S/C28H28N2O8S/c1-5-37-23(32)15-29-26(33)24-21(16-38-17(2)31)25(18-10-12-20(35-3)13-11-18)39-27(24)30(28(29)34)14-19-8-6-7-9-22(19)36-4/h6-13H,5,14-16H2,1-4H3. The van der Waals surface area contributed by atoms with E-state index in [-0.39, 0.29) is 25.1 Å². The molecule has 0 saturated carbocycles. The summed E-state index contributed by atoms with van der Waals surface area (Å²) in [6.45, 7) is 2.33. The lowest BCUT2D eigenvalue weighted by molar-refractivity contribution is -0.144. The Balaban J connectivity index is 2.04. The lowest BCUT2D eigenvalue weighted by Crippen LogP contribution is -2.42. The maximum absolute atomic E-state index is 13.8. The molecule has 0 radical (unpaired) electrons. The Morgan fingerprint density at radius 3 is 2.28 bits per heavy atom. The normalized spacial score (nSPS) is 10.9. The zero-order valence-corrected chi connectivity index (χ0v) is 22.8. The molecular formula is C28H28N2O8S. The summed E-state index contributed by atoms with van der Waals surface area (Å²) in [5.41, 5.74) is 0.537. The molecule has 0 saturated heterocycles. The van der Waals surface area contributed by atoms with Gasteiger partial charge in [-0.15, -0.1) is 11.3 Å². The van der Waals surface area contributed by atoms with E-state index in [0.717, 1.165) is 10.1 Å². The van der Waals surface area contributed by atoms with Crippen molar-refractivity contribution in [2.24, 2.45) is 0 Å². The molecule has 0 aliphatic heterocycles. The van der Waals surface area contributed by atoms with Gasteiger partial charge in [-0.25, -0.2) is 9.36 Å². The number of benzene rings is 2. The number of ether oxygens (including phenoxy) is 4. The quantitative estimate of drug-likeness (QED) is 0.274. The molecule has 0 amide bonds. The first-order chi connectivity index (χ1) is 18.8. The molecule has 11 heteroatoms. The fraction of sp³-hybridized carbons (Fsp3) is 0.286. The lowest BCUT2D eigenvalue weighted by Gasteiger charge is -2.14. The van der Waals surface area contributed by atoms with E-state index in [1.54, 1.807) is 32.2 Å². The number of esters is 2. The van der Waals surface area contributed by atoms with Crippen molar-refractivity contribution < 1.29 is 28.5 Å². The number of carbonyl (C=O) groups is 2. The van der Waals surface area contributed by atoms with Gasteiger partial charge in [-0.3, -0.25) is 19.0 Å². The van der Waals surface area contributed by atoms with Crippen LogP contribution in [-0.2, 0) is 38.8 Å². The van der Waals surface area contributed by atoms with Crippen LogP contribution in [0.25, 0.3) is 20.7 Å². The molecule has 10 nitrogen and oxygen atoms in total. The molecule has 0 fully saturated rings. The van der Waals surface area contributed by atoms with Crippen LogP contribution in [0.15, 0.2) is 58.1 Å². The maximum atomic E-state index is 13.8. The van der Waals surface area contributed by atoms with Crippen LogP contribution >= 0.6 is 11.3 Å². The molecule has 2 aromatic heterocycles. The van der Waals surface area contributed by atoms with Crippen molar-refractivity contribution in [1.82, 2.24) is 9.13 Å². The van der Waals surface area contributed by atoms with Crippen molar-refractivity contribution in [3.8, 4) is 21.9 Å². The van der Waals surface area contributed by atoms with E-state index < -0.39 is 29.7 Å². The van der Waals surface area contributed by atoms with Crippen LogP contribution in [0.1, 0.15) is 25.0 Å². The van der Waals surface area contributed by atoms with Gasteiger partial charge in [-0.05, 0) is 42.8 Å². The van der Waals surface area contributed by atoms with Gasteiger partial charge in [0, 0.05) is 22.9 Å².